The number of hydrogen-bond donors (Lipinski definition) is 2. The van der Waals surface area contributed by atoms with E-state index < -0.39 is 57.0 Å². The SMILES string of the molecule is C=C[C@@H]1C[C@@]12NC(=O)[C@@H]1C[C@H](CN1C(=O)[C@@H](C)C(C)(C)C)Oc1nc3c(cccc3n1C(C)C)-c1nc(C(C)C)c(s1)CCCCCCN(C)S(=O)(=O)NC2=O. The molecule has 2 N–H and O–H groups in total. The minimum atomic E-state index is -4.20. The Labute approximate surface area is 335 Å². The van der Waals surface area contributed by atoms with Crippen LogP contribution in [0.4, 0.5) is 0 Å². The maximum absolute atomic E-state index is 14.4. The molecule has 2 fully saturated rings. The zero-order valence-corrected chi connectivity index (χ0v) is 36.0. The van der Waals surface area contributed by atoms with E-state index in [-0.39, 0.29) is 43.8 Å². The molecule has 15 heteroatoms. The van der Waals surface area contributed by atoms with Crippen molar-refractivity contribution >= 4 is 50.3 Å². The first kappa shape index (κ1) is 41.8. The Bertz CT molecular complexity index is 2100. The number of aromatic nitrogens is 3. The predicted molar refractivity (Wildman–Crippen MR) is 220 cm³/mol. The highest BCUT2D eigenvalue weighted by atomic mass is 32.2. The summed E-state index contributed by atoms with van der Waals surface area (Å²) in [6.45, 7) is 20.4. The summed E-state index contributed by atoms with van der Waals surface area (Å²) in [5.74, 6) is -2.27. The third-order valence-electron chi connectivity index (χ3n) is 11.8. The second-order valence-electron chi connectivity index (χ2n) is 17.5. The number of nitrogens with zero attached hydrogens (tertiary/aromatic N) is 5. The van der Waals surface area contributed by atoms with Crippen molar-refractivity contribution in [2.24, 2.45) is 17.3 Å². The van der Waals surface area contributed by atoms with Gasteiger partial charge in [0.15, 0.2) is 0 Å². The fourth-order valence-electron chi connectivity index (χ4n) is 7.82. The van der Waals surface area contributed by atoms with E-state index in [4.69, 9.17) is 14.7 Å². The number of carbonyl (C=O) groups is 3. The van der Waals surface area contributed by atoms with Crippen molar-refractivity contribution in [2.45, 2.75) is 130 Å². The highest BCUT2D eigenvalue weighted by molar-refractivity contribution is 7.87. The van der Waals surface area contributed by atoms with Crippen LogP contribution in [0.2, 0.25) is 0 Å². The largest absolute Gasteiger partial charge is 0.459 e. The number of hydrogen-bond acceptors (Lipinski definition) is 9. The van der Waals surface area contributed by atoms with Crippen LogP contribution >= 0.6 is 11.3 Å². The van der Waals surface area contributed by atoms with Crippen molar-refractivity contribution in [3.63, 3.8) is 0 Å². The number of para-hydroxylation sites is 1. The number of aryl methyl sites for hydroxylation is 1. The number of fused-ring (bicyclic) bond motifs is 6. The van der Waals surface area contributed by atoms with Gasteiger partial charge in [-0.3, -0.25) is 19.0 Å². The van der Waals surface area contributed by atoms with E-state index in [9.17, 15) is 22.8 Å². The molecule has 4 heterocycles. The van der Waals surface area contributed by atoms with Crippen molar-refractivity contribution in [1.82, 2.24) is 33.8 Å². The summed E-state index contributed by atoms with van der Waals surface area (Å²) in [5, 5.41) is 3.79. The van der Waals surface area contributed by atoms with Gasteiger partial charge in [0.25, 0.3) is 11.9 Å². The second kappa shape index (κ2) is 15.8. The van der Waals surface area contributed by atoms with Crippen LogP contribution in [0.3, 0.4) is 0 Å². The Balaban J connectivity index is 1.42. The summed E-state index contributed by atoms with van der Waals surface area (Å²) >= 11 is 1.69. The molecule has 2 aliphatic heterocycles. The van der Waals surface area contributed by atoms with Crippen LogP contribution in [0.1, 0.15) is 116 Å². The molecule has 3 amide bonds. The van der Waals surface area contributed by atoms with Crippen molar-refractivity contribution in [1.29, 1.82) is 0 Å². The van der Waals surface area contributed by atoms with E-state index in [0.29, 0.717) is 12.4 Å². The smallest absolute Gasteiger partial charge is 0.303 e. The molecule has 56 heavy (non-hydrogen) atoms. The van der Waals surface area contributed by atoms with Gasteiger partial charge in [0.2, 0.25) is 11.8 Å². The number of ether oxygens (including phenoxy) is 1. The lowest BCUT2D eigenvalue weighted by molar-refractivity contribution is -0.144. The van der Waals surface area contributed by atoms with Crippen LogP contribution in [-0.2, 0) is 31.0 Å². The Hall–Kier alpha value is -3.82. The maximum Gasteiger partial charge on any atom is 0.303 e. The summed E-state index contributed by atoms with van der Waals surface area (Å²) in [5.41, 5.74) is 1.77. The van der Waals surface area contributed by atoms with Crippen LogP contribution in [0.15, 0.2) is 30.9 Å². The first-order valence-corrected chi connectivity index (χ1v) is 22.3. The van der Waals surface area contributed by atoms with Gasteiger partial charge in [0.1, 0.15) is 28.2 Å². The Morgan fingerprint density at radius 2 is 1.80 bits per heavy atom. The van der Waals surface area contributed by atoms with Gasteiger partial charge in [-0.25, -0.2) is 9.71 Å². The van der Waals surface area contributed by atoms with Crippen LogP contribution in [0.25, 0.3) is 21.6 Å². The van der Waals surface area contributed by atoms with E-state index >= 15 is 0 Å². The van der Waals surface area contributed by atoms with Crippen molar-refractivity contribution in [3.8, 4) is 16.6 Å². The van der Waals surface area contributed by atoms with Crippen molar-refractivity contribution in [3.05, 3.63) is 41.4 Å². The third-order valence-corrected chi connectivity index (χ3v) is 14.4. The van der Waals surface area contributed by atoms with Crippen LogP contribution in [0, 0.1) is 17.3 Å². The molecular formula is C41H59N7O6S2. The lowest BCUT2D eigenvalue weighted by Crippen LogP contribution is -2.58. The second-order valence-corrected chi connectivity index (χ2v) is 20.4. The summed E-state index contributed by atoms with van der Waals surface area (Å²) in [4.78, 5) is 55.4. The summed E-state index contributed by atoms with van der Waals surface area (Å²) in [7, 11) is -2.75. The van der Waals surface area contributed by atoms with E-state index in [1.807, 2.05) is 44.4 Å². The van der Waals surface area contributed by atoms with Crippen LogP contribution in [-0.4, -0.2) is 87.7 Å². The molecule has 2 aromatic heterocycles. The zero-order chi connectivity index (χ0) is 40.9. The van der Waals surface area contributed by atoms with E-state index in [1.165, 1.54) is 11.9 Å². The molecule has 0 radical (unpaired) electrons. The molecule has 1 saturated heterocycles. The standard InChI is InChI=1S/C41H59N7O6S2/c1-11-27-22-41(27)38(51)45-56(52,53)46(10)20-15-13-12-14-19-32-33(24(2)3)42-36(55-32)29-17-16-18-30-34(29)43-39(48(30)25(4)5)54-28-21-31(35(49)44-41)47(23-28)37(50)26(6)40(7,8)9/h11,16-18,24-28,31H,1,12-15,19-23H2,2-10H3,(H,44,49)(H,45,51)/t26-,27-,28-,31+,41-/m1/s1. The molecule has 3 aliphatic rings. The molecule has 1 saturated carbocycles. The number of amides is 3. The number of likely N-dealkylation sites (tertiary alicyclic amines) is 1. The molecule has 6 rings (SSSR count). The molecular weight excluding hydrogens is 751 g/mol. The lowest BCUT2D eigenvalue weighted by Gasteiger charge is -2.33. The Morgan fingerprint density at radius 1 is 1.09 bits per heavy atom. The van der Waals surface area contributed by atoms with Gasteiger partial charge in [-0.05, 0) is 63.0 Å². The molecule has 1 aliphatic carbocycles. The third kappa shape index (κ3) is 8.13. The molecule has 3 aromatic rings. The first-order valence-electron chi connectivity index (χ1n) is 20.0. The van der Waals surface area contributed by atoms with Gasteiger partial charge in [-0.2, -0.15) is 17.7 Å². The molecule has 1 aromatic carbocycles. The van der Waals surface area contributed by atoms with Gasteiger partial charge in [-0.1, -0.05) is 66.5 Å². The molecule has 6 bridgehead atoms. The van der Waals surface area contributed by atoms with Gasteiger partial charge in [0.05, 0.1) is 17.8 Å². The number of carbonyl (C=O) groups excluding carboxylic acids is 3. The molecule has 0 unspecified atom stereocenters. The normalized spacial score (nSPS) is 25.9. The maximum atomic E-state index is 14.4. The topological polar surface area (TPSA) is 156 Å². The number of thiazole rings is 1. The van der Waals surface area contributed by atoms with Gasteiger partial charge in [0, 0.05) is 48.3 Å². The molecule has 5 atom stereocenters. The predicted octanol–water partition coefficient (Wildman–Crippen LogP) is 6.36. The number of benzene rings is 1. The highest BCUT2D eigenvalue weighted by Gasteiger charge is 2.61. The molecule has 306 valence electrons. The van der Waals surface area contributed by atoms with Gasteiger partial charge in [-0.15, -0.1) is 17.9 Å². The van der Waals surface area contributed by atoms with Gasteiger partial charge >= 0.3 is 10.2 Å². The number of rotatable bonds is 4. The van der Waals surface area contributed by atoms with Crippen molar-refractivity contribution < 1.29 is 27.5 Å². The summed E-state index contributed by atoms with van der Waals surface area (Å²) in [6, 6.07) is 5.49. The minimum absolute atomic E-state index is 0.0236. The fourth-order valence-corrected chi connectivity index (χ4v) is 10.0. The lowest BCUT2D eigenvalue weighted by atomic mass is 9.81. The molecule has 13 nitrogen and oxygen atoms in total. The average molecular weight is 810 g/mol. The minimum Gasteiger partial charge on any atom is -0.459 e. The number of nitrogens with one attached hydrogen (secondary N) is 2. The summed E-state index contributed by atoms with van der Waals surface area (Å²) < 4.78 is 38.9. The van der Waals surface area contributed by atoms with Gasteiger partial charge < -0.3 is 15.0 Å². The van der Waals surface area contributed by atoms with E-state index in [0.717, 1.165) is 57.3 Å². The summed E-state index contributed by atoms with van der Waals surface area (Å²) in [6.07, 6.45) is 5.43. The highest BCUT2D eigenvalue weighted by Crippen LogP contribution is 2.45. The van der Waals surface area contributed by atoms with Crippen LogP contribution in [0.5, 0.6) is 6.01 Å². The van der Waals surface area contributed by atoms with Crippen molar-refractivity contribution in [2.75, 3.05) is 20.1 Å². The fraction of sp³-hybridized carbons (Fsp3) is 0.634. The Morgan fingerprint density at radius 3 is 2.45 bits per heavy atom. The van der Waals surface area contributed by atoms with E-state index in [2.05, 4.69) is 50.4 Å². The number of imidazole rings is 1. The monoisotopic (exact) mass is 809 g/mol. The quantitative estimate of drug-likeness (QED) is 0.289. The average Bonchev–Trinajstić information content (AvgIpc) is 3.41. The van der Waals surface area contributed by atoms with Crippen LogP contribution < -0.4 is 14.8 Å². The molecule has 1 spiro atoms. The Kier molecular flexibility index (Phi) is 11.8. The van der Waals surface area contributed by atoms with E-state index in [1.54, 1.807) is 22.3 Å². The zero-order valence-electron chi connectivity index (χ0n) is 34.3. The first-order chi connectivity index (χ1) is 26.3.